The van der Waals surface area contributed by atoms with Crippen molar-refractivity contribution >= 4 is 23.6 Å². The number of aryl methyl sites for hydroxylation is 2. The van der Waals surface area contributed by atoms with Crippen LogP contribution in [0.5, 0.6) is 0 Å². The lowest BCUT2D eigenvalue weighted by atomic mass is 10.1. The zero-order valence-corrected chi connectivity index (χ0v) is 13.6. The second-order valence-electron chi connectivity index (χ2n) is 4.97. The minimum absolute atomic E-state index is 0.0551. The molecule has 0 unspecified atom stereocenters. The number of thioether (sulfide) groups is 1. The highest BCUT2D eigenvalue weighted by atomic mass is 32.2. The van der Waals surface area contributed by atoms with Crippen LogP contribution in [0.2, 0.25) is 0 Å². The molecule has 2 aromatic rings. The van der Waals surface area contributed by atoms with Crippen molar-refractivity contribution in [2.24, 2.45) is 0 Å². The molecule has 0 fully saturated rings. The van der Waals surface area contributed by atoms with Gasteiger partial charge in [0.05, 0.1) is 5.75 Å². The first kappa shape index (κ1) is 17.0. The molecule has 1 atom stereocenters. The van der Waals surface area contributed by atoms with Crippen LogP contribution in [-0.2, 0) is 9.59 Å². The summed E-state index contributed by atoms with van der Waals surface area (Å²) >= 11 is 1.18. The molecule has 7 heteroatoms. The number of nitrogens with zero attached hydrogens (tertiary/aromatic N) is 2. The first-order valence-electron chi connectivity index (χ1n) is 6.98. The summed E-state index contributed by atoms with van der Waals surface area (Å²) in [6, 6.07) is 9.37. The summed E-state index contributed by atoms with van der Waals surface area (Å²) in [7, 11) is 0. The number of carboxylic acids is 1. The number of hydrogen-bond donors (Lipinski definition) is 2. The Kier molecular flexibility index (Phi) is 5.70. The summed E-state index contributed by atoms with van der Waals surface area (Å²) in [4.78, 5) is 31.8. The molecule has 0 saturated carbocycles. The number of hydrogen-bond acceptors (Lipinski definition) is 5. The number of nitrogens with one attached hydrogen (secondary N) is 1. The SMILES string of the molecule is Cc1cc(C)nc(SCC(=O)N[C@H](C(=O)O)c2ccccc2)n1. The van der Waals surface area contributed by atoms with Crippen LogP contribution in [0.15, 0.2) is 41.6 Å². The van der Waals surface area contributed by atoms with Gasteiger partial charge in [0.2, 0.25) is 5.91 Å². The van der Waals surface area contributed by atoms with Crippen molar-refractivity contribution in [3.05, 3.63) is 53.3 Å². The number of carbonyl (C=O) groups is 2. The Labute approximate surface area is 138 Å². The van der Waals surface area contributed by atoms with E-state index >= 15 is 0 Å². The van der Waals surface area contributed by atoms with Crippen LogP contribution in [0, 0.1) is 13.8 Å². The fraction of sp³-hybridized carbons (Fsp3) is 0.250. The molecule has 0 spiro atoms. The Bertz CT molecular complexity index is 687. The largest absolute Gasteiger partial charge is 0.479 e. The molecule has 0 saturated heterocycles. The summed E-state index contributed by atoms with van der Waals surface area (Å²) < 4.78 is 0. The molecule has 2 N–H and O–H groups in total. The maximum atomic E-state index is 12.0. The van der Waals surface area contributed by atoms with Crippen LogP contribution in [0.25, 0.3) is 0 Å². The maximum absolute atomic E-state index is 12.0. The minimum Gasteiger partial charge on any atom is -0.479 e. The zero-order chi connectivity index (χ0) is 16.8. The molecular weight excluding hydrogens is 314 g/mol. The van der Waals surface area contributed by atoms with Gasteiger partial charge in [-0.15, -0.1) is 0 Å². The molecule has 0 bridgehead atoms. The number of carbonyl (C=O) groups excluding carboxylic acids is 1. The fourth-order valence-corrected chi connectivity index (χ4v) is 2.78. The van der Waals surface area contributed by atoms with Crippen molar-refractivity contribution in [1.29, 1.82) is 0 Å². The Morgan fingerprint density at radius 2 is 1.78 bits per heavy atom. The number of carboxylic acid groups (broad SMARTS) is 1. The van der Waals surface area contributed by atoms with Crippen molar-refractivity contribution in [2.75, 3.05) is 5.75 Å². The van der Waals surface area contributed by atoms with E-state index in [0.717, 1.165) is 11.4 Å². The van der Waals surface area contributed by atoms with Gasteiger partial charge in [0.15, 0.2) is 11.2 Å². The normalized spacial score (nSPS) is 11.7. The van der Waals surface area contributed by atoms with Gasteiger partial charge in [0, 0.05) is 11.4 Å². The number of aliphatic carboxylic acids is 1. The molecule has 0 aliphatic heterocycles. The van der Waals surface area contributed by atoms with Crippen LogP contribution in [-0.4, -0.2) is 32.7 Å². The van der Waals surface area contributed by atoms with Crippen LogP contribution in [0.4, 0.5) is 0 Å². The Hall–Kier alpha value is -2.41. The number of aromatic nitrogens is 2. The van der Waals surface area contributed by atoms with Crippen molar-refractivity contribution in [1.82, 2.24) is 15.3 Å². The number of benzene rings is 1. The molecule has 1 heterocycles. The Morgan fingerprint density at radius 3 is 2.35 bits per heavy atom. The van der Waals surface area contributed by atoms with E-state index in [9.17, 15) is 14.7 Å². The number of rotatable bonds is 6. The van der Waals surface area contributed by atoms with Crippen molar-refractivity contribution < 1.29 is 14.7 Å². The van der Waals surface area contributed by atoms with E-state index < -0.39 is 12.0 Å². The van der Waals surface area contributed by atoms with E-state index in [1.807, 2.05) is 19.9 Å². The monoisotopic (exact) mass is 331 g/mol. The number of amides is 1. The Morgan fingerprint density at radius 1 is 1.17 bits per heavy atom. The van der Waals surface area contributed by atoms with E-state index in [4.69, 9.17) is 0 Å². The summed E-state index contributed by atoms with van der Waals surface area (Å²) in [5.74, 6) is -1.43. The van der Waals surface area contributed by atoms with Gasteiger partial charge in [-0.3, -0.25) is 4.79 Å². The summed E-state index contributed by atoms with van der Waals surface area (Å²) in [6.07, 6.45) is 0. The highest BCUT2D eigenvalue weighted by molar-refractivity contribution is 7.99. The zero-order valence-electron chi connectivity index (χ0n) is 12.8. The minimum atomic E-state index is -1.10. The van der Waals surface area contributed by atoms with E-state index in [1.54, 1.807) is 30.3 Å². The first-order chi connectivity index (χ1) is 11.0. The quantitative estimate of drug-likeness (QED) is 0.622. The van der Waals surface area contributed by atoms with Crippen LogP contribution in [0.1, 0.15) is 23.0 Å². The lowest BCUT2D eigenvalue weighted by Gasteiger charge is -2.14. The Balaban J connectivity index is 1.98. The predicted molar refractivity (Wildman–Crippen MR) is 87.2 cm³/mol. The van der Waals surface area contributed by atoms with Crippen molar-refractivity contribution in [2.45, 2.75) is 25.0 Å². The molecule has 6 nitrogen and oxygen atoms in total. The van der Waals surface area contributed by atoms with Gasteiger partial charge in [-0.25, -0.2) is 14.8 Å². The molecule has 1 amide bonds. The third kappa shape index (κ3) is 5.07. The molecule has 23 heavy (non-hydrogen) atoms. The van der Waals surface area contributed by atoms with Crippen LogP contribution >= 0.6 is 11.8 Å². The second-order valence-corrected chi connectivity index (χ2v) is 5.91. The summed E-state index contributed by atoms with van der Waals surface area (Å²) in [6.45, 7) is 3.71. The van der Waals surface area contributed by atoms with Gasteiger partial charge in [0.1, 0.15) is 0 Å². The molecule has 1 aromatic carbocycles. The third-order valence-corrected chi connectivity index (χ3v) is 3.83. The first-order valence-corrected chi connectivity index (χ1v) is 7.96. The molecule has 0 radical (unpaired) electrons. The fourth-order valence-electron chi connectivity index (χ4n) is 2.02. The van der Waals surface area contributed by atoms with Crippen molar-refractivity contribution in [3.63, 3.8) is 0 Å². The van der Waals surface area contributed by atoms with Crippen LogP contribution < -0.4 is 5.32 Å². The molecule has 120 valence electrons. The van der Waals surface area contributed by atoms with E-state index in [-0.39, 0.29) is 11.7 Å². The second kappa shape index (κ2) is 7.73. The smallest absolute Gasteiger partial charge is 0.330 e. The topological polar surface area (TPSA) is 92.2 Å². The van der Waals surface area contributed by atoms with E-state index in [0.29, 0.717) is 10.7 Å². The predicted octanol–water partition coefficient (Wildman–Crippen LogP) is 2.13. The molecule has 0 aliphatic carbocycles. The maximum Gasteiger partial charge on any atom is 0.330 e. The van der Waals surface area contributed by atoms with Gasteiger partial charge in [-0.05, 0) is 25.5 Å². The molecule has 1 aromatic heterocycles. The standard InChI is InChI=1S/C16H17N3O3S/c1-10-8-11(2)18-16(17-10)23-9-13(20)19-14(15(21)22)12-6-4-3-5-7-12/h3-8,14H,9H2,1-2H3,(H,19,20)(H,21,22)/t14-/m0/s1. The summed E-state index contributed by atoms with van der Waals surface area (Å²) in [5.41, 5.74) is 2.18. The molecular formula is C16H17N3O3S. The van der Waals surface area contributed by atoms with E-state index in [2.05, 4.69) is 15.3 Å². The average molecular weight is 331 g/mol. The van der Waals surface area contributed by atoms with Gasteiger partial charge in [-0.1, -0.05) is 42.1 Å². The third-order valence-electron chi connectivity index (χ3n) is 2.98. The lowest BCUT2D eigenvalue weighted by Crippen LogP contribution is -2.34. The average Bonchev–Trinajstić information content (AvgIpc) is 2.50. The lowest BCUT2D eigenvalue weighted by molar-refractivity contribution is -0.141. The van der Waals surface area contributed by atoms with Crippen molar-refractivity contribution in [3.8, 4) is 0 Å². The highest BCUT2D eigenvalue weighted by Gasteiger charge is 2.21. The van der Waals surface area contributed by atoms with E-state index in [1.165, 1.54) is 11.8 Å². The van der Waals surface area contributed by atoms with Crippen LogP contribution in [0.3, 0.4) is 0 Å². The van der Waals surface area contributed by atoms with Gasteiger partial charge in [-0.2, -0.15) is 0 Å². The van der Waals surface area contributed by atoms with Gasteiger partial charge < -0.3 is 10.4 Å². The molecule has 2 rings (SSSR count). The van der Waals surface area contributed by atoms with Gasteiger partial charge >= 0.3 is 5.97 Å². The van der Waals surface area contributed by atoms with Gasteiger partial charge in [0.25, 0.3) is 0 Å². The molecule has 0 aliphatic rings. The highest BCUT2D eigenvalue weighted by Crippen LogP contribution is 2.16. The summed E-state index contributed by atoms with van der Waals surface area (Å²) in [5, 5.41) is 12.3.